The molecule has 0 fully saturated rings. The van der Waals surface area contributed by atoms with Gasteiger partial charge in [-0.2, -0.15) is 0 Å². The molecule has 2 nitrogen and oxygen atoms in total. The standard InChI is InChI=1S/C54H37BN2/c1-5-17-38(18-6-1)40-31-34-44(35-32-40)56-49-36-33-43(39-19-7-2-8-20-39)37-47(49)55-53-46(42-23-11-4-12-24-42)26-15-28-50(53)57(52-30-16-29-51(56)54(52)55)48-27-14-13-25-45(48)41-21-9-3-10-22-41/h1-37H. The van der Waals surface area contributed by atoms with Gasteiger partial charge in [0.05, 0.1) is 5.69 Å². The minimum atomic E-state index is -0.0266. The van der Waals surface area contributed by atoms with Gasteiger partial charge in [0.1, 0.15) is 0 Å². The van der Waals surface area contributed by atoms with Crippen LogP contribution in [0.2, 0.25) is 0 Å². The van der Waals surface area contributed by atoms with Crippen LogP contribution < -0.4 is 26.2 Å². The van der Waals surface area contributed by atoms with Gasteiger partial charge in [-0.05, 0) is 97.8 Å². The summed E-state index contributed by atoms with van der Waals surface area (Å²) in [7, 11) is 0. The lowest BCUT2D eigenvalue weighted by molar-refractivity contribution is 1.25. The van der Waals surface area contributed by atoms with Crippen molar-refractivity contribution in [1.82, 2.24) is 0 Å². The van der Waals surface area contributed by atoms with Gasteiger partial charge < -0.3 is 9.80 Å². The van der Waals surface area contributed by atoms with E-state index >= 15 is 0 Å². The number of rotatable bonds is 6. The molecule has 2 heterocycles. The zero-order valence-corrected chi connectivity index (χ0v) is 31.3. The van der Waals surface area contributed by atoms with Crippen LogP contribution in [0.1, 0.15) is 0 Å². The minimum absolute atomic E-state index is 0.0266. The zero-order chi connectivity index (χ0) is 37.7. The average molecular weight is 725 g/mol. The van der Waals surface area contributed by atoms with Crippen molar-refractivity contribution in [2.24, 2.45) is 0 Å². The van der Waals surface area contributed by atoms with Crippen LogP contribution in [-0.4, -0.2) is 6.71 Å². The molecule has 266 valence electrons. The van der Waals surface area contributed by atoms with Crippen LogP contribution in [0.3, 0.4) is 0 Å². The Labute approximate surface area is 334 Å². The van der Waals surface area contributed by atoms with Crippen molar-refractivity contribution in [3.8, 4) is 44.5 Å². The lowest BCUT2D eigenvalue weighted by atomic mass is 9.32. The molecule has 0 bridgehead atoms. The van der Waals surface area contributed by atoms with Gasteiger partial charge in [-0.1, -0.05) is 182 Å². The molecule has 0 saturated carbocycles. The Bertz CT molecular complexity index is 2890. The van der Waals surface area contributed by atoms with Crippen LogP contribution in [0.5, 0.6) is 0 Å². The highest BCUT2D eigenvalue weighted by atomic mass is 15.2. The van der Waals surface area contributed by atoms with E-state index in [0.717, 1.165) is 11.4 Å². The summed E-state index contributed by atoms with van der Waals surface area (Å²) in [5.74, 6) is 0. The highest BCUT2D eigenvalue weighted by molar-refractivity contribution is 7.01. The van der Waals surface area contributed by atoms with Crippen molar-refractivity contribution in [1.29, 1.82) is 0 Å². The Balaban J connectivity index is 1.22. The Kier molecular flexibility index (Phi) is 7.96. The second kappa shape index (κ2) is 13.7. The third-order valence-electron chi connectivity index (χ3n) is 11.7. The van der Waals surface area contributed by atoms with Crippen molar-refractivity contribution < 1.29 is 0 Å². The molecule has 9 aromatic rings. The molecular weight excluding hydrogens is 687 g/mol. The molecule has 0 amide bonds. The molecule has 0 saturated heterocycles. The first-order valence-corrected chi connectivity index (χ1v) is 19.7. The lowest BCUT2D eigenvalue weighted by Crippen LogP contribution is -2.62. The van der Waals surface area contributed by atoms with Gasteiger partial charge in [-0.3, -0.25) is 0 Å². The van der Waals surface area contributed by atoms with Crippen molar-refractivity contribution in [3.63, 3.8) is 0 Å². The molecule has 0 aliphatic carbocycles. The molecule has 0 atom stereocenters. The molecule has 0 radical (unpaired) electrons. The van der Waals surface area contributed by atoms with Gasteiger partial charge in [0.25, 0.3) is 6.71 Å². The third kappa shape index (κ3) is 5.51. The Morgan fingerprint density at radius 2 is 0.702 bits per heavy atom. The topological polar surface area (TPSA) is 6.48 Å². The first-order valence-electron chi connectivity index (χ1n) is 19.7. The monoisotopic (exact) mass is 724 g/mol. The van der Waals surface area contributed by atoms with Crippen molar-refractivity contribution in [2.75, 3.05) is 9.80 Å². The molecule has 0 spiro atoms. The average Bonchev–Trinajstić information content (AvgIpc) is 3.30. The second-order valence-corrected chi connectivity index (χ2v) is 14.9. The Morgan fingerprint density at radius 1 is 0.263 bits per heavy atom. The Morgan fingerprint density at radius 3 is 1.35 bits per heavy atom. The van der Waals surface area contributed by atoms with Crippen LogP contribution in [0.4, 0.5) is 34.1 Å². The van der Waals surface area contributed by atoms with E-state index < -0.39 is 0 Å². The molecule has 3 heteroatoms. The number of para-hydroxylation sites is 1. The molecule has 11 rings (SSSR count). The Hall–Kier alpha value is -7.36. The molecule has 0 aromatic heterocycles. The van der Waals surface area contributed by atoms with E-state index in [1.165, 1.54) is 83.6 Å². The van der Waals surface area contributed by atoms with Crippen LogP contribution in [0, 0.1) is 0 Å². The van der Waals surface area contributed by atoms with Crippen LogP contribution in [-0.2, 0) is 0 Å². The first-order chi connectivity index (χ1) is 28.3. The fraction of sp³-hybridized carbons (Fsp3) is 0. The molecule has 0 N–H and O–H groups in total. The summed E-state index contributed by atoms with van der Waals surface area (Å²) in [5, 5.41) is 0. The first kappa shape index (κ1) is 33.0. The van der Waals surface area contributed by atoms with Crippen LogP contribution in [0.15, 0.2) is 224 Å². The number of benzene rings is 9. The fourth-order valence-corrected chi connectivity index (χ4v) is 9.16. The highest BCUT2D eigenvalue weighted by Crippen LogP contribution is 2.47. The van der Waals surface area contributed by atoms with Crippen molar-refractivity contribution in [2.45, 2.75) is 0 Å². The summed E-state index contributed by atoms with van der Waals surface area (Å²) in [6.07, 6.45) is 0. The second-order valence-electron chi connectivity index (χ2n) is 14.9. The van der Waals surface area contributed by atoms with Crippen LogP contribution >= 0.6 is 0 Å². The van der Waals surface area contributed by atoms with E-state index in [1.807, 2.05) is 0 Å². The van der Waals surface area contributed by atoms with Gasteiger partial charge in [0.15, 0.2) is 0 Å². The van der Waals surface area contributed by atoms with E-state index in [1.54, 1.807) is 0 Å². The molecule has 2 aliphatic heterocycles. The molecule has 0 unspecified atom stereocenters. The van der Waals surface area contributed by atoms with Gasteiger partial charge in [0.2, 0.25) is 0 Å². The normalized spacial score (nSPS) is 12.5. The summed E-state index contributed by atoms with van der Waals surface area (Å²) in [6.45, 7) is -0.0266. The summed E-state index contributed by atoms with van der Waals surface area (Å²) >= 11 is 0. The number of nitrogens with zero attached hydrogens (tertiary/aromatic N) is 2. The maximum absolute atomic E-state index is 2.53. The predicted molar refractivity (Wildman–Crippen MR) is 242 cm³/mol. The molecular formula is C54H37BN2. The molecule has 2 aliphatic rings. The van der Waals surface area contributed by atoms with E-state index in [0.29, 0.717) is 0 Å². The van der Waals surface area contributed by atoms with Gasteiger partial charge >= 0.3 is 0 Å². The largest absolute Gasteiger partial charge is 0.311 e. The van der Waals surface area contributed by atoms with Crippen molar-refractivity contribution >= 4 is 57.2 Å². The summed E-state index contributed by atoms with van der Waals surface area (Å²) in [4.78, 5) is 5.02. The number of fused-ring (bicyclic) bond motifs is 4. The van der Waals surface area contributed by atoms with E-state index in [-0.39, 0.29) is 6.71 Å². The molecule has 57 heavy (non-hydrogen) atoms. The van der Waals surface area contributed by atoms with E-state index in [9.17, 15) is 0 Å². The molecule has 9 aromatic carbocycles. The highest BCUT2D eigenvalue weighted by Gasteiger charge is 2.44. The summed E-state index contributed by atoms with van der Waals surface area (Å²) in [6, 6.07) is 82.0. The smallest absolute Gasteiger partial charge is 0.252 e. The van der Waals surface area contributed by atoms with E-state index in [4.69, 9.17) is 0 Å². The number of hydrogen-bond donors (Lipinski definition) is 0. The van der Waals surface area contributed by atoms with Gasteiger partial charge in [-0.15, -0.1) is 0 Å². The van der Waals surface area contributed by atoms with Gasteiger partial charge in [-0.25, -0.2) is 0 Å². The SMILES string of the molecule is c1ccc(-c2ccc(N3c4ccc(-c5ccccc5)cc4B4c5c(-c6ccccc6)cccc5N(c5ccccc5-c5ccccc5)c5cccc3c54)cc2)cc1. The maximum atomic E-state index is 2.53. The lowest BCUT2D eigenvalue weighted by Gasteiger charge is -2.45. The minimum Gasteiger partial charge on any atom is -0.311 e. The summed E-state index contributed by atoms with van der Waals surface area (Å²) in [5.41, 5.74) is 20.7. The zero-order valence-electron chi connectivity index (χ0n) is 31.3. The predicted octanol–water partition coefficient (Wildman–Crippen LogP) is 12.4. The van der Waals surface area contributed by atoms with E-state index in [2.05, 4.69) is 234 Å². The number of hydrogen-bond acceptors (Lipinski definition) is 2. The third-order valence-corrected chi connectivity index (χ3v) is 11.7. The number of anilines is 6. The van der Waals surface area contributed by atoms with Gasteiger partial charge in [0, 0.05) is 34.0 Å². The fourth-order valence-electron chi connectivity index (χ4n) is 9.16. The summed E-state index contributed by atoms with van der Waals surface area (Å²) < 4.78 is 0. The van der Waals surface area contributed by atoms with Crippen molar-refractivity contribution in [3.05, 3.63) is 224 Å². The van der Waals surface area contributed by atoms with Crippen LogP contribution in [0.25, 0.3) is 44.5 Å². The quantitative estimate of drug-likeness (QED) is 0.158. The maximum Gasteiger partial charge on any atom is 0.252 e.